The van der Waals surface area contributed by atoms with Crippen molar-refractivity contribution < 1.29 is 14.2 Å². The Kier molecular flexibility index (Phi) is 3.39. The van der Waals surface area contributed by atoms with Gasteiger partial charge in [-0.25, -0.2) is 0 Å². The summed E-state index contributed by atoms with van der Waals surface area (Å²) in [7, 11) is 0. The van der Waals surface area contributed by atoms with Crippen LogP contribution >= 0.6 is 0 Å². The van der Waals surface area contributed by atoms with E-state index in [4.69, 9.17) is 25.4 Å². The SMILES string of the molecule is Cc1ccc(OCc2ccc3c(c2)OCO3)c(C(=N)N)c1. The van der Waals surface area contributed by atoms with Crippen LogP contribution < -0.4 is 19.9 Å². The number of nitrogens with two attached hydrogens (primary N) is 1. The van der Waals surface area contributed by atoms with Crippen LogP contribution in [0.25, 0.3) is 0 Å². The molecule has 0 fully saturated rings. The van der Waals surface area contributed by atoms with E-state index in [1.807, 2.05) is 43.3 Å². The molecule has 0 amide bonds. The maximum atomic E-state index is 7.62. The van der Waals surface area contributed by atoms with E-state index in [2.05, 4.69) is 0 Å². The fourth-order valence-corrected chi connectivity index (χ4v) is 2.17. The molecule has 2 aromatic rings. The molecule has 3 N–H and O–H groups in total. The van der Waals surface area contributed by atoms with Crippen LogP contribution in [0.2, 0.25) is 0 Å². The summed E-state index contributed by atoms with van der Waals surface area (Å²) < 4.78 is 16.4. The van der Waals surface area contributed by atoms with Crippen LogP contribution in [0.15, 0.2) is 36.4 Å². The number of fused-ring (bicyclic) bond motifs is 1. The molecule has 1 heterocycles. The predicted molar refractivity (Wildman–Crippen MR) is 79.1 cm³/mol. The smallest absolute Gasteiger partial charge is 0.231 e. The quantitative estimate of drug-likeness (QED) is 0.668. The number of amidine groups is 1. The molecular formula is C16H16N2O3. The third-order valence-electron chi connectivity index (χ3n) is 3.26. The fourth-order valence-electron chi connectivity index (χ4n) is 2.17. The molecule has 21 heavy (non-hydrogen) atoms. The van der Waals surface area contributed by atoms with Gasteiger partial charge in [0.25, 0.3) is 0 Å². The Morgan fingerprint density at radius 1 is 1.19 bits per heavy atom. The van der Waals surface area contributed by atoms with Crippen molar-refractivity contribution in [3.63, 3.8) is 0 Å². The third kappa shape index (κ3) is 2.76. The second kappa shape index (κ2) is 5.36. The lowest BCUT2D eigenvalue weighted by Gasteiger charge is -2.11. The Hall–Kier alpha value is -2.69. The van der Waals surface area contributed by atoms with Gasteiger partial charge in [0.05, 0.1) is 5.56 Å². The predicted octanol–water partition coefficient (Wildman–Crippen LogP) is 2.59. The first-order chi connectivity index (χ1) is 10.1. The molecule has 0 aromatic heterocycles. The lowest BCUT2D eigenvalue weighted by Crippen LogP contribution is -2.13. The van der Waals surface area contributed by atoms with Crippen LogP contribution in [0.3, 0.4) is 0 Å². The summed E-state index contributed by atoms with van der Waals surface area (Å²) in [6.07, 6.45) is 0. The Morgan fingerprint density at radius 2 is 2.00 bits per heavy atom. The number of ether oxygens (including phenoxy) is 3. The first-order valence-electron chi connectivity index (χ1n) is 6.60. The van der Waals surface area contributed by atoms with E-state index >= 15 is 0 Å². The van der Waals surface area contributed by atoms with Crippen LogP contribution in [0, 0.1) is 12.3 Å². The largest absolute Gasteiger partial charge is 0.488 e. The van der Waals surface area contributed by atoms with Gasteiger partial charge in [-0.2, -0.15) is 0 Å². The van der Waals surface area contributed by atoms with Gasteiger partial charge in [-0.1, -0.05) is 17.7 Å². The van der Waals surface area contributed by atoms with Gasteiger partial charge in [0.15, 0.2) is 11.5 Å². The number of hydrogen-bond acceptors (Lipinski definition) is 4. The lowest BCUT2D eigenvalue weighted by molar-refractivity contribution is 0.174. The van der Waals surface area contributed by atoms with Crippen LogP contribution in [-0.2, 0) is 6.61 Å². The van der Waals surface area contributed by atoms with Gasteiger partial charge in [0.2, 0.25) is 6.79 Å². The number of rotatable bonds is 4. The van der Waals surface area contributed by atoms with E-state index in [1.165, 1.54) is 0 Å². The van der Waals surface area contributed by atoms with Crippen molar-refractivity contribution in [2.24, 2.45) is 5.73 Å². The first-order valence-corrected chi connectivity index (χ1v) is 6.60. The van der Waals surface area contributed by atoms with Crippen LogP contribution in [0.5, 0.6) is 17.2 Å². The van der Waals surface area contributed by atoms with E-state index in [9.17, 15) is 0 Å². The minimum Gasteiger partial charge on any atom is -0.488 e. The first kappa shape index (κ1) is 13.3. The molecule has 5 nitrogen and oxygen atoms in total. The van der Waals surface area contributed by atoms with Crippen molar-refractivity contribution in [2.75, 3.05) is 6.79 Å². The topological polar surface area (TPSA) is 77.6 Å². The van der Waals surface area contributed by atoms with Crippen LogP contribution in [0.4, 0.5) is 0 Å². The van der Waals surface area contributed by atoms with Crippen molar-refractivity contribution in [3.8, 4) is 17.2 Å². The molecule has 0 unspecified atom stereocenters. The minimum absolute atomic E-state index is 0.000568. The molecule has 1 aliphatic rings. The third-order valence-corrected chi connectivity index (χ3v) is 3.26. The fraction of sp³-hybridized carbons (Fsp3) is 0.188. The zero-order valence-electron chi connectivity index (χ0n) is 11.7. The second-order valence-corrected chi connectivity index (χ2v) is 4.89. The molecule has 0 spiro atoms. The van der Waals surface area contributed by atoms with Gasteiger partial charge in [-0.3, -0.25) is 5.41 Å². The maximum Gasteiger partial charge on any atom is 0.231 e. The summed E-state index contributed by atoms with van der Waals surface area (Å²) in [5.74, 6) is 2.08. The van der Waals surface area contributed by atoms with Crippen molar-refractivity contribution in [1.29, 1.82) is 5.41 Å². The highest BCUT2D eigenvalue weighted by molar-refractivity contribution is 5.97. The standard InChI is InChI=1S/C16H16N2O3/c1-10-2-4-13(12(6-10)16(17)18)19-8-11-3-5-14-15(7-11)21-9-20-14/h2-7H,8-9H2,1H3,(H3,17,18). The molecule has 3 rings (SSSR count). The summed E-state index contributed by atoms with van der Waals surface area (Å²) in [4.78, 5) is 0. The molecule has 0 radical (unpaired) electrons. The summed E-state index contributed by atoms with van der Waals surface area (Å²) in [6.45, 7) is 2.58. The van der Waals surface area contributed by atoms with Gasteiger partial charge in [-0.15, -0.1) is 0 Å². The Bertz CT molecular complexity index is 698. The van der Waals surface area contributed by atoms with E-state index in [1.54, 1.807) is 0 Å². The molecule has 5 heteroatoms. The number of nitrogen functional groups attached to an aromatic ring is 1. The summed E-state index contributed by atoms with van der Waals surface area (Å²) >= 11 is 0. The van der Waals surface area contributed by atoms with E-state index < -0.39 is 0 Å². The van der Waals surface area contributed by atoms with Crippen LogP contribution in [0.1, 0.15) is 16.7 Å². The molecule has 0 aliphatic carbocycles. The molecule has 0 saturated heterocycles. The Morgan fingerprint density at radius 3 is 2.81 bits per heavy atom. The highest BCUT2D eigenvalue weighted by atomic mass is 16.7. The van der Waals surface area contributed by atoms with Gasteiger partial charge in [0, 0.05) is 0 Å². The van der Waals surface area contributed by atoms with Gasteiger partial charge >= 0.3 is 0 Å². The summed E-state index contributed by atoms with van der Waals surface area (Å²) in [5, 5.41) is 7.62. The van der Waals surface area contributed by atoms with E-state index in [-0.39, 0.29) is 12.6 Å². The Labute approximate surface area is 122 Å². The molecule has 0 bridgehead atoms. The normalized spacial score (nSPS) is 12.2. The van der Waals surface area contributed by atoms with Crippen LogP contribution in [-0.4, -0.2) is 12.6 Å². The lowest BCUT2D eigenvalue weighted by atomic mass is 10.1. The average molecular weight is 284 g/mol. The number of nitrogens with one attached hydrogen (secondary N) is 1. The van der Waals surface area contributed by atoms with Gasteiger partial charge < -0.3 is 19.9 Å². The van der Waals surface area contributed by atoms with Crippen molar-refractivity contribution in [1.82, 2.24) is 0 Å². The van der Waals surface area contributed by atoms with Crippen molar-refractivity contribution in [3.05, 3.63) is 53.1 Å². The number of hydrogen-bond donors (Lipinski definition) is 2. The maximum absolute atomic E-state index is 7.62. The van der Waals surface area contributed by atoms with E-state index in [0.717, 1.165) is 22.6 Å². The molecule has 0 atom stereocenters. The zero-order valence-corrected chi connectivity index (χ0v) is 11.7. The van der Waals surface area contributed by atoms with Crippen molar-refractivity contribution in [2.45, 2.75) is 13.5 Å². The number of benzene rings is 2. The minimum atomic E-state index is -0.000568. The molecule has 108 valence electrons. The van der Waals surface area contributed by atoms with Crippen molar-refractivity contribution >= 4 is 5.84 Å². The highest BCUT2D eigenvalue weighted by Gasteiger charge is 2.14. The summed E-state index contributed by atoms with van der Waals surface area (Å²) in [5.41, 5.74) is 8.20. The van der Waals surface area contributed by atoms with Gasteiger partial charge in [-0.05, 0) is 36.8 Å². The highest BCUT2D eigenvalue weighted by Crippen LogP contribution is 2.33. The van der Waals surface area contributed by atoms with Gasteiger partial charge in [0.1, 0.15) is 18.2 Å². The zero-order chi connectivity index (χ0) is 14.8. The molecule has 1 aliphatic heterocycles. The molecule has 0 saturated carbocycles. The monoisotopic (exact) mass is 284 g/mol. The number of aryl methyl sites for hydroxylation is 1. The molecular weight excluding hydrogens is 268 g/mol. The average Bonchev–Trinajstić information content (AvgIpc) is 2.93. The van der Waals surface area contributed by atoms with E-state index in [0.29, 0.717) is 17.9 Å². The summed E-state index contributed by atoms with van der Waals surface area (Å²) in [6, 6.07) is 11.3. The molecule has 2 aromatic carbocycles. The second-order valence-electron chi connectivity index (χ2n) is 4.89. The Balaban J connectivity index is 1.77.